The zero-order valence-electron chi connectivity index (χ0n) is 14.7. The third kappa shape index (κ3) is 4.42. The summed E-state index contributed by atoms with van der Waals surface area (Å²) in [6.45, 7) is 11.0. The van der Waals surface area contributed by atoms with Gasteiger partial charge < -0.3 is 9.47 Å². The van der Waals surface area contributed by atoms with E-state index in [1.807, 2.05) is 18.2 Å². The molecule has 0 N–H and O–H groups in total. The van der Waals surface area contributed by atoms with Crippen molar-refractivity contribution in [3.05, 3.63) is 73.7 Å². The summed E-state index contributed by atoms with van der Waals surface area (Å²) in [6, 6.07) is 10.5. The molecule has 1 aliphatic rings. The number of aryl methyl sites for hydroxylation is 2. The first-order chi connectivity index (χ1) is 11.9. The molecule has 0 saturated carbocycles. The number of fused-ring (bicyclic) bond motifs is 1. The summed E-state index contributed by atoms with van der Waals surface area (Å²) in [5.41, 5.74) is 6.48. The maximum Gasteiger partial charge on any atom is 0.231 e. The quantitative estimate of drug-likeness (QED) is 0.472. The van der Waals surface area contributed by atoms with Gasteiger partial charge in [0.15, 0.2) is 11.5 Å². The average Bonchev–Trinajstić information content (AvgIpc) is 3.05. The lowest BCUT2D eigenvalue weighted by molar-refractivity contribution is 0.174. The molecule has 0 amide bonds. The first-order valence-electron chi connectivity index (χ1n) is 8.11. The van der Waals surface area contributed by atoms with Gasteiger partial charge in [-0.1, -0.05) is 30.0 Å². The van der Waals surface area contributed by atoms with Crippen LogP contribution in [-0.2, 0) is 6.42 Å². The standard InChI is InChI=1S/C21H21IO2S/c1-13(7-18-8-15(3)19(22)9-14(18)2)11-25-16(4)17-5-6-20-21(10-17)24-12-23-20/h5-6,8-11H,4,7,12H2,1-3H3/b13-11+. The number of ether oxygens (including phenoxy) is 2. The summed E-state index contributed by atoms with van der Waals surface area (Å²) in [6.07, 6.45) is 0.963. The fraction of sp³-hybridized carbons (Fsp3) is 0.238. The van der Waals surface area contributed by atoms with Crippen LogP contribution in [0.25, 0.3) is 4.91 Å². The van der Waals surface area contributed by atoms with Crippen LogP contribution in [0.1, 0.15) is 29.2 Å². The van der Waals surface area contributed by atoms with Crippen molar-refractivity contribution in [3.63, 3.8) is 0 Å². The zero-order chi connectivity index (χ0) is 18.0. The summed E-state index contributed by atoms with van der Waals surface area (Å²) >= 11 is 4.06. The molecule has 0 bridgehead atoms. The minimum absolute atomic E-state index is 0.298. The van der Waals surface area contributed by atoms with E-state index in [0.717, 1.165) is 28.4 Å². The van der Waals surface area contributed by atoms with E-state index >= 15 is 0 Å². The maximum atomic E-state index is 5.44. The third-order valence-electron chi connectivity index (χ3n) is 4.18. The fourth-order valence-corrected chi connectivity index (χ4v) is 4.00. The van der Waals surface area contributed by atoms with E-state index in [9.17, 15) is 0 Å². The fourth-order valence-electron chi connectivity index (χ4n) is 2.68. The summed E-state index contributed by atoms with van der Waals surface area (Å²) < 4.78 is 12.1. The highest BCUT2D eigenvalue weighted by molar-refractivity contribution is 14.1. The molecule has 2 aromatic carbocycles. The Labute approximate surface area is 167 Å². The minimum Gasteiger partial charge on any atom is -0.454 e. The van der Waals surface area contributed by atoms with E-state index in [4.69, 9.17) is 9.47 Å². The predicted octanol–water partition coefficient (Wildman–Crippen LogP) is 6.49. The number of rotatable bonds is 5. The molecule has 25 heavy (non-hydrogen) atoms. The van der Waals surface area contributed by atoms with E-state index in [2.05, 4.69) is 67.5 Å². The second kappa shape index (κ2) is 7.87. The molecular formula is C21H21IO2S. The molecule has 0 spiro atoms. The van der Waals surface area contributed by atoms with Gasteiger partial charge in [-0.05, 0) is 102 Å². The molecule has 0 aromatic heterocycles. The largest absolute Gasteiger partial charge is 0.454 e. The van der Waals surface area contributed by atoms with Crippen LogP contribution in [0, 0.1) is 17.4 Å². The second-order valence-electron chi connectivity index (χ2n) is 6.28. The maximum absolute atomic E-state index is 5.44. The summed E-state index contributed by atoms with van der Waals surface area (Å²) in [5, 5.41) is 2.19. The smallest absolute Gasteiger partial charge is 0.231 e. The third-order valence-corrected chi connectivity index (χ3v) is 6.39. The monoisotopic (exact) mass is 464 g/mol. The highest BCUT2D eigenvalue weighted by atomic mass is 127. The number of hydrogen-bond donors (Lipinski definition) is 0. The van der Waals surface area contributed by atoms with Crippen molar-refractivity contribution in [2.75, 3.05) is 6.79 Å². The molecule has 0 fully saturated rings. The van der Waals surface area contributed by atoms with Crippen molar-refractivity contribution in [3.8, 4) is 11.5 Å². The lowest BCUT2D eigenvalue weighted by atomic mass is 10.00. The lowest BCUT2D eigenvalue weighted by Crippen LogP contribution is -1.94. The van der Waals surface area contributed by atoms with Crippen LogP contribution < -0.4 is 9.47 Å². The van der Waals surface area contributed by atoms with E-state index in [1.165, 1.54) is 25.8 Å². The van der Waals surface area contributed by atoms with E-state index < -0.39 is 0 Å². The Bertz CT molecular complexity index is 855. The Kier molecular flexibility index (Phi) is 5.79. The van der Waals surface area contributed by atoms with Crippen molar-refractivity contribution < 1.29 is 9.47 Å². The van der Waals surface area contributed by atoms with Gasteiger partial charge in [-0.2, -0.15) is 0 Å². The lowest BCUT2D eigenvalue weighted by Gasteiger charge is -2.10. The molecule has 2 aromatic rings. The van der Waals surface area contributed by atoms with Crippen LogP contribution in [-0.4, -0.2) is 6.79 Å². The van der Waals surface area contributed by atoms with Crippen molar-refractivity contribution in [2.24, 2.45) is 0 Å². The SMILES string of the molecule is C=C(S/C=C(\C)Cc1cc(C)c(I)cc1C)c1ccc2c(c1)OCO2. The summed E-state index contributed by atoms with van der Waals surface area (Å²) in [4.78, 5) is 1.01. The average molecular weight is 464 g/mol. The molecular weight excluding hydrogens is 443 g/mol. The van der Waals surface area contributed by atoms with Crippen LogP contribution in [0.3, 0.4) is 0 Å². The van der Waals surface area contributed by atoms with Crippen LogP contribution in [0.2, 0.25) is 0 Å². The van der Waals surface area contributed by atoms with Gasteiger partial charge in [0.2, 0.25) is 6.79 Å². The minimum atomic E-state index is 0.298. The van der Waals surface area contributed by atoms with Gasteiger partial charge in [-0.15, -0.1) is 0 Å². The zero-order valence-corrected chi connectivity index (χ0v) is 17.7. The first kappa shape index (κ1) is 18.4. The number of hydrogen-bond acceptors (Lipinski definition) is 3. The van der Waals surface area contributed by atoms with Crippen LogP contribution in [0.4, 0.5) is 0 Å². The Morgan fingerprint density at radius 2 is 1.92 bits per heavy atom. The molecule has 0 unspecified atom stereocenters. The molecule has 4 heteroatoms. The number of allylic oxidation sites excluding steroid dienone is 1. The van der Waals surface area contributed by atoms with Crippen LogP contribution >= 0.6 is 34.4 Å². The Morgan fingerprint density at radius 1 is 1.16 bits per heavy atom. The first-order valence-corrected chi connectivity index (χ1v) is 10.1. The van der Waals surface area contributed by atoms with Gasteiger partial charge in [0.25, 0.3) is 0 Å². The molecule has 0 atom stereocenters. The van der Waals surface area contributed by atoms with E-state index in [-0.39, 0.29) is 0 Å². The summed E-state index contributed by atoms with van der Waals surface area (Å²) in [5.74, 6) is 1.60. The van der Waals surface area contributed by atoms with Crippen molar-refractivity contribution >= 4 is 39.3 Å². The number of benzene rings is 2. The Morgan fingerprint density at radius 3 is 2.72 bits per heavy atom. The molecule has 1 heterocycles. The predicted molar refractivity (Wildman–Crippen MR) is 115 cm³/mol. The number of thioether (sulfide) groups is 1. The molecule has 1 aliphatic heterocycles. The molecule has 0 radical (unpaired) electrons. The van der Waals surface area contributed by atoms with E-state index in [1.54, 1.807) is 11.8 Å². The van der Waals surface area contributed by atoms with Gasteiger partial charge in [0, 0.05) is 8.48 Å². The molecule has 2 nitrogen and oxygen atoms in total. The van der Waals surface area contributed by atoms with Gasteiger partial charge in [0.1, 0.15) is 0 Å². The number of halogens is 1. The highest BCUT2D eigenvalue weighted by Crippen LogP contribution is 2.37. The molecule has 0 saturated heterocycles. The van der Waals surface area contributed by atoms with Gasteiger partial charge in [0.05, 0.1) is 0 Å². The molecule has 3 rings (SSSR count). The van der Waals surface area contributed by atoms with Crippen molar-refractivity contribution in [1.29, 1.82) is 0 Å². The highest BCUT2D eigenvalue weighted by Gasteiger charge is 2.14. The van der Waals surface area contributed by atoms with Crippen molar-refractivity contribution in [2.45, 2.75) is 27.2 Å². The van der Waals surface area contributed by atoms with E-state index in [0.29, 0.717) is 6.79 Å². The van der Waals surface area contributed by atoms with Crippen molar-refractivity contribution in [1.82, 2.24) is 0 Å². The van der Waals surface area contributed by atoms with Crippen LogP contribution in [0.5, 0.6) is 11.5 Å². The second-order valence-corrected chi connectivity index (χ2v) is 8.40. The normalized spacial score (nSPS) is 13.2. The summed E-state index contributed by atoms with van der Waals surface area (Å²) in [7, 11) is 0. The van der Waals surface area contributed by atoms with Gasteiger partial charge in [-0.3, -0.25) is 0 Å². The van der Waals surface area contributed by atoms with Gasteiger partial charge >= 0.3 is 0 Å². The Balaban J connectivity index is 1.67. The van der Waals surface area contributed by atoms with Gasteiger partial charge in [-0.25, -0.2) is 0 Å². The Hall–Kier alpha value is -1.40. The molecule has 0 aliphatic carbocycles. The molecule has 130 valence electrons. The van der Waals surface area contributed by atoms with Crippen LogP contribution in [0.15, 0.2) is 47.9 Å². The topological polar surface area (TPSA) is 18.5 Å².